The molecular weight excluding hydrogens is 226 g/mol. The number of aromatic carboxylic acids is 1. The van der Waals surface area contributed by atoms with Crippen molar-refractivity contribution in [2.24, 2.45) is 11.8 Å². The van der Waals surface area contributed by atoms with Gasteiger partial charge in [-0.25, -0.2) is 4.79 Å². The molecule has 1 fully saturated rings. The van der Waals surface area contributed by atoms with Crippen molar-refractivity contribution < 1.29 is 9.90 Å². The molecule has 0 radical (unpaired) electrons. The molecule has 1 aromatic rings. The second-order valence-electron chi connectivity index (χ2n) is 5.52. The highest BCUT2D eigenvalue weighted by Crippen LogP contribution is 2.32. The zero-order valence-electron chi connectivity index (χ0n) is 11.3. The molecule has 0 saturated carbocycles. The van der Waals surface area contributed by atoms with Gasteiger partial charge in [0.05, 0.1) is 11.3 Å². The summed E-state index contributed by atoms with van der Waals surface area (Å²) in [6.45, 7) is 8.41. The first kappa shape index (κ1) is 12.9. The van der Waals surface area contributed by atoms with Gasteiger partial charge >= 0.3 is 5.97 Å². The maximum absolute atomic E-state index is 11.3. The van der Waals surface area contributed by atoms with E-state index in [0.717, 1.165) is 30.8 Å². The third-order valence-electron chi connectivity index (χ3n) is 3.95. The molecule has 0 aliphatic carbocycles. The van der Waals surface area contributed by atoms with Crippen molar-refractivity contribution in [1.29, 1.82) is 0 Å². The summed E-state index contributed by atoms with van der Waals surface area (Å²) >= 11 is 0. The second-order valence-corrected chi connectivity index (χ2v) is 5.52. The van der Waals surface area contributed by atoms with E-state index in [2.05, 4.69) is 18.7 Å². The SMILES string of the molecule is Cc1cccc(C(=O)O)c1N1CCC(C(C)C)C1. The number of carbonyl (C=O) groups is 1. The predicted octanol–water partition coefficient (Wildman–Crippen LogP) is 3.18. The van der Waals surface area contributed by atoms with E-state index < -0.39 is 5.97 Å². The van der Waals surface area contributed by atoms with Crippen molar-refractivity contribution in [3.8, 4) is 0 Å². The van der Waals surface area contributed by atoms with Gasteiger partial charge in [-0.2, -0.15) is 0 Å². The molecule has 1 heterocycles. The average Bonchev–Trinajstić information content (AvgIpc) is 2.77. The lowest BCUT2D eigenvalue weighted by atomic mass is 9.95. The van der Waals surface area contributed by atoms with Crippen LogP contribution in [-0.4, -0.2) is 24.2 Å². The number of carboxylic acid groups (broad SMARTS) is 1. The Kier molecular flexibility index (Phi) is 3.60. The molecule has 1 unspecified atom stereocenters. The Morgan fingerprint density at radius 1 is 1.44 bits per heavy atom. The van der Waals surface area contributed by atoms with E-state index >= 15 is 0 Å². The lowest BCUT2D eigenvalue weighted by Crippen LogP contribution is -2.24. The summed E-state index contributed by atoms with van der Waals surface area (Å²) in [4.78, 5) is 13.6. The molecule has 1 N–H and O–H groups in total. The zero-order chi connectivity index (χ0) is 13.3. The summed E-state index contributed by atoms with van der Waals surface area (Å²) in [5.41, 5.74) is 2.40. The largest absolute Gasteiger partial charge is 0.478 e. The molecule has 1 aromatic carbocycles. The molecular formula is C15H21NO2. The van der Waals surface area contributed by atoms with Crippen LogP contribution in [0.3, 0.4) is 0 Å². The smallest absolute Gasteiger partial charge is 0.337 e. The summed E-state index contributed by atoms with van der Waals surface area (Å²) in [5.74, 6) is 0.500. The van der Waals surface area contributed by atoms with Crippen LogP contribution in [0, 0.1) is 18.8 Å². The van der Waals surface area contributed by atoms with Gasteiger partial charge in [0, 0.05) is 13.1 Å². The quantitative estimate of drug-likeness (QED) is 0.891. The Labute approximate surface area is 108 Å². The van der Waals surface area contributed by atoms with Gasteiger partial charge in [0.2, 0.25) is 0 Å². The first-order valence-electron chi connectivity index (χ1n) is 6.58. The minimum absolute atomic E-state index is 0.430. The minimum Gasteiger partial charge on any atom is -0.478 e. The van der Waals surface area contributed by atoms with Crippen molar-refractivity contribution in [2.75, 3.05) is 18.0 Å². The maximum atomic E-state index is 11.3. The molecule has 18 heavy (non-hydrogen) atoms. The Morgan fingerprint density at radius 2 is 2.17 bits per heavy atom. The van der Waals surface area contributed by atoms with Gasteiger partial charge in [-0.3, -0.25) is 0 Å². The molecule has 0 amide bonds. The number of carboxylic acids is 1. The number of nitrogens with zero attached hydrogens (tertiary/aromatic N) is 1. The highest BCUT2D eigenvalue weighted by Gasteiger charge is 2.28. The first-order valence-corrected chi connectivity index (χ1v) is 6.58. The lowest BCUT2D eigenvalue weighted by molar-refractivity contribution is 0.0697. The van der Waals surface area contributed by atoms with Gasteiger partial charge in [0.1, 0.15) is 0 Å². The van der Waals surface area contributed by atoms with E-state index in [4.69, 9.17) is 0 Å². The number of anilines is 1. The van der Waals surface area contributed by atoms with Crippen LogP contribution < -0.4 is 4.90 Å². The van der Waals surface area contributed by atoms with Crippen LogP contribution in [0.15, 0.2) is 18.2 Å². The van der Waals surface area contributed by atoms with Crippen molar-refractivity contribution in [3.05, 3.63) is 29.3 Å². The normalized spacial score (nSPS) is 19.6. The van der Waals surface area contributed by atoms with Crippen molar-refractivity contribution in [1.82, 2.24) is 0 Å². The number of benzene rings is 1. The average molecular weight is 247 g/mol. The molecule has 1 saturated heterocycles. The Bertz CT molecular complexity index is 454. The predicted molar refractivity (Wildman–Crippen MR) is 73.3 cm³/mol. The fourth-order valence-corrected chi connectivity index (χ4v) is 2.79. The van der Waals surface area contributed by atoms with Crippen molar-refractivity contribution in [3.63, 3.8) is 0 Å². The molecule has 98 valence electrons. The standard InChI is InChI=1S/C15H21NO2/c1-10(2)12-7-8-16(9-12)14-11(3)5-4-6-13(14)15(17)18/h4-6,10,12H,7-9H2,1-3H3,(H,17,18). The number of hydrogen-bond donors (Lipinski definition) is 1. The third-order valence-corrected chi connectivity index (χ3v) is 3.95. The van der Waals surface area contributed by atoms with Crippen LogP contribution >= 0.6 is 0 Å². The van der Waals surface area contributed by atoms with Crippen LogP contribution in [0.1, 0.15) is 36.2 Å². The van der Waals surface area contributed by atoms with E-state index in [0.29, 0.717) is 17.4 Å². The maximum Gasteiger partial charge on any atom is 0.337 e. The molecule has 0 spiro atoms. The van der Waals surface area contributed by atoms with Gasteiger partial charge in [0.25, 0.3) is 0 Å². The number of hydrogen-bond acceptors (Lipinski definition) is 2. The van der Waals surface area contributed by atoms with Gasteiger partial charge in [-0.15, -0.1) is 0 Å². The summed E-state index contributed by atoms with van der Waals surface area (Å²) in [5, 5.41) is 9.30. The fraction of sp³-hybridized carbons (Fsp3) is 0.533. The highest BCUT2D eigenvalue weighted by atomic mass is 16.4. The zero-order valence-corrected chi connectivity index (χ0v) is 11.3. The fourth-order valence-electron chi connectivity index (χ4n) is 2.79. The van der Waals surface area contributed by atoms with Gasteiger partial charge in [-0.05, 0) is 36.8 Å². The van der Waals surface area contributed by atoms with Crippen molar-refractivity contribution >= 4 is 11.7 Å². The molecule has 3 heteroatoms. The molecule has 1 aliphatic rings. The summed E-state index contributed by atoms with van der Waals surface area (Å²) < 4.78 is 0. The van der Waals surface area contributed by atoms with Crippen LogP contribution in [0.2, 0.25) is 0 Å². The van der Waals surface area contributed by atoms with E-state index in [1.807, 2.05) is 19.1 Å². The number of para-hydroxylation sites is 1. The minimum atomic E-state index is -0.832. The monoisotopic (exact) mass is 247 g/mol. The Balaban J connectivity index is 2.32. The molecule has 3 nitrogen and oxygen atoms in total. The third kappa shape index (κ3) is 2.35. The van der Waals surface area contributed by atoms with Gasteiger partial charge in [-0.1, -0.05) is 26.0 Å². The summed E-state index contributed by atoms with van der Waals surface area (Å²) in [6, 6.07) is 5.51. The molecule has 1 aliphatic heterocycles. The number of aryl methyl sites for hydroxylation is 1. The topological polar surface area (TPSA) is 40.5 Å². The van der Waals surface area contributed by atoms with Gasteiger partial charge in [0.15, 0.2) is 0 Å². The van der Waals surface area contributed by atoms with Crippen LogP contribution in [-0.2, 0) is 0 Å². The molecule has 2 rings (SSSR count). The number of rotatable bonds is 3. The van der Waals surface area contributed by atoms with Crippen molar-refractivity contribution in [2.45, 2.75) is 27.2 Å². The summed E-state index contributed by atoms with van der Waals surface area (Å²) in [7, 11) is 0. The Morgan fingerprint density at radius 3 is 2.72 bits per heavy atom. The van der Waals surface area contributed by atoms with E-state index in [9.17, 15) is 9.90 Å². The van der Waals surface area contributed by atoms with Crippen LogP contribution in [0.4, 0.5) is 5.69 Å². The van der Waals surface area contributed by atoms with Crippen LogP contribution in [0.5, 0.6) is 0 Å². The molecule has 0 aromatic heterocycles. The molecule has 0 bridgehead atoms. The van der Waals surface area contributed by atoms with E-state index in [1.54, 1.807) is 6.07 Å². The van der Waals surface area contributed by atoms with Crippen LogP contribution in [0.25, 0.3) is 0 Å². The first-order chi connectivity index (χ1) is 8.50. The van der Waals surface area contributed by atoms with E-state index in [1.165, 1.54) is 0 Å². The summed E-state index contributed by atoms with van der Waals surface area (Å²) in [6.07, 6.45) is 1.16. The van der Waals surface area contributed by atoms with E-state index in [-0.39, 0.29) is 0 Å². The lowest BCUT2D eigenvalue weighted by Gasteiger charge is -2.23. The highest BCUT2D eigenvalue weighted by molar-refractivity contribution is 5.95. The molecule has 1 atom stereocenters. The Hall–Kier alpha value is -1.51. The second kappa shape index (κ2) is 5.01. The van der Waals surface area contributed by atoms with Gasteiger partial charge < -0.3 is 10.0 Å².